The summed E-state index contributed by atoms with van der Waals surface area (Å²) in [6.07, 6.45) is 7.30. The summed E-state index contributed by atoms with van der Waals surface area (Å²) >= 11 is 0. The van der Waals surface area contributed by atoms with Crippen molar-refractivity contribution in [2.24, 2.45) is 0 Å². The molecule has 0 radical (unpaired) electrons. The number of carbonyl (C=O) groups excluding carboxylic acids is 1. The fraction of sp³-hybridized carbons (Fsp3) is 0.130. The van der Waals surface area contributed by atoms with E-state index >= 15 is 0 Å². The fourth-order valence-corrected chi connectivity index (χ4v) is 2.95. The Bertz CT molecular complexity index is 1060. The minimum Gasteiger partial charge on any atom is -0.438 e. The van der Waals surface area contributed by atoms with E-state index in [1.807, 2.05) is 18.2 Å². The summed E-state index contributed by atoms with van der Waals surface area (Å²) < 4.78 is 7.47. The maximum atomic E-state index is 12.1. The van der Waals surface area contributed by atoms with Crippen molar-refractivity contribution < 1.29 is 9.53 Å². The first-order valence-electron chi connectivity index (χ1n) is 9.70. The zero-order chi connectivity index (χ0) is 20.6. The third-order valence-corrected chi connectivity index (χ3v) is 4.47. The second-order valence-corrected chi connectivity index (χ2v) is 6.71. The molecule has 0 atom stereocenters. The smallest absolute Gasteiger partial charge is 0.238 e. The number of nitrogens with one attached hydrogen (secondary N) is 1. The molecule has 0 bridgehead atoms. The molecular formula is C23H21N5O2. The van der Waals surface area contributed by atoms with Crippen molar-refractivity contribution in [1.29, 1.82) is 0 Å². The van der Waals surface area contributed by atoms with Gasteiger partial charge in [-0.2, -0.15) is 0 Å². The summed E-state index contributed by atoms with van der Waals surface area (Å²) in [7, 11) is 0. The molecule has 0 aliphatic heterocycles. The van der Waals surface area contributed by atoms with Crippen molar-refractivity contribution >= 4 is 11.6 Å². The van der Waals surface area contributed by atoms with Gasteiger partial charge in [0.15, 0.2) is 5.82 Å². The Morgan fingerprint density at radius 1 is 0.967 bits per heavy atom. The largest absolute Gasteiger partial charge is 0.438 e. The molecule has 2 aromatic heterocycles. The van der Waals surface area contributed by atoms with Gasteiger partial charge < -0.3 is 10.1 Å². The normalized spacial score (nSPS) is 10.5. The SMILES string of the molecule is O=C(CCCc1ccccc1)Nc1ccc(Oc2ccc(-n3ccnc3)nn2)cc1. The molecular weight excluding hydrogens is 378 g/mol. The van der Waals surface area contributed by atoms with Gasteiger partial charge in [-0.1, -0.05) is 30.3 Å². The number of imidazole rings is 1. The Balaban J connectivity index is 1.26. The van der Waals surface area contributed by atoms with Gasteiger partial charge in [0.2, 0.25) is 11.8 Å². The predicted molar refractivity (Wildman–Crippen MR) is 114 cm³/mol. The lowest BCUT2D eigenvalue weighted by Gasteiger charge is -2.08. The van der Waals surface area contributed by atoms with E-state index in [-0.39, 0.29) is 5.91 Å². The molecule has 0 saturated heterocycles. The van der Waals surface area contributed by atoms with Crippen LogP contribution in [0.3, 0.4) is 0 Å². The first-order chi connectivity index (χ1) is 14.8. The summed E-state index contributed by atoms with van der Waals surface area (Å²) in [5.41, 5.74) is 1.97. The van der Waals surface area contributed by atoms with Crippen LogP contribution < -0.4 is 10.1 Å². The van der Waals surface area contributed by atoms with E-state index in [2.05, 4.69) is 32.6 Å². The van der Waals surface area contributed by atoms with Crippen LogP contribution in [0.1, 0.15) is 18.4 Å². The molecule has 2 heterocycles. The van der Waals surface area contributed by atoms with Crippen molar-refractivity contribution in [2.75, 3.05) is 5.32 Å². The van der Waals surface area contributed by atoms with E-state index in [4.69, 9.17) is 4.74 Å². The number of hydrogen-bond acceptors (Lipinski definition) is 5. The average molecular weight is 399 g/mol. The molecule has 7 nitrogen and oxygen atoms in total. The van der Waals surface area contributed by atoms with E-state index in [9.17, 15) is 4.79 Å². The Kier molecular flexibility index (Phi) is 6.10. The molecule has 7 heteroatoms. The van der Waals surface area contributed by atoms with Gasteiger partial charge in [-0.15, -0.1) is 10.2 Å². The van der Waals surface area contributed by atoms with Crippen LogP contribution in [0.4, 0.5) is 5.69 Å². The minimum atomic E-state index is 0.000515. The molecule has 150 valence electrons. The highest BCUT2D eigenvalue weighted by Gasteiger charge is 2.05. The molecule has 0 fully saturated rings. The first-order valence-corrected chi connectivity index (χ1v) is 9.70. The van der Waals surface area contributed by atoms with Gasteiger partial charge in [-0.3, -0.25) is 9.36 Å². The Morgan fingerprint density at radius 3 is 2.50 bits per heavy atom. The molecule has 4 aromatic rings. The van der Waals surface area contributed by atoms with Gasteiger partial charge in [0.25, 0.3) is 0 Å². The lowest BCUT2D eigenvalue weighted by Crippen LogP contribution is -2.11. The lowest BCUT2D eigenvalue weighted by molar-refractivity contribution is -0.116. The molecule has 1 amide bonds. The molecule has 0 unspecified atom stereocenters. The van der Waals surface area contributed by atoms with Crippen molar-refractivity contribution in [3.63, 3.8) is 0 Å². The number of rotatable bonds is 8. The van der Waals surface area contributed by atoms with Crippen LogP contribution in [0.2, 0.25) is 0 Å². The molecule has 0 aliphatic rings. The van der Waals surface area contributed by atoms with E-state index in [1.54, 1.807) is 59.7 Å². The Hall–Kier alpha value is -4.00. The first kappa shape index (κ1) is 19.3. The molecule has 4 rings (SSSR count). The third-order valence-electron chi connectivity index (χ3n) is 4.47. The van der Waals surface area contributed by atoms with Gasteiger partial charge in [-0.25, -0.2) is 4.98 Å². The lowest BCUT2D eigenvalue weighted by atomic mass is 10.1. The molecule has 0 saturated carbocycles. The topological polar surface area (TPSA) is 81.9 Å². The van der Waals surface area contributed by atoms with E-state index in [0.29, 0.717) is 23.9 Å². The van der Waals surface area contributed by atoms with Crippen LogP contribution in [0, 0.1) is 0 Å². The second kappa shape index (κ2) is 9.47. The summed E-state index contributed by atoms with van der Waals surface area (Å²) in [5.74, 6) is 1.66. The molecule has 0 spiro atoms. The predicted octanol–water partition coefficient (Wildman–Crippen LogP) is 4.42. The van der Waals surface area contributed by atoms with Gasteiger partial charge in [-0.05, 0) is 48.7 Å². The number of nitrogens with zero attached hydrogens (tertiary/aromatic N) is 4. The molecule has 1 N–H and O–H groups in total. The van der Waals surface area contributed by atoms with Crippen molar-refractivity contribution in [2.45, 2.75) is 19.3 Å². The number of aryl methyl sites for hydroxylation is 1. The van der Waals surface area contributed by atoms with Crippen LogP contribution in [0.5, 0.6) is 11.6 Å². The average Bonchev–Trinajstić information content (AvgIpc) is 3.31. The fourth-order valence-electron chi connectivity index (χ4n) is 2.95. The van der Waals surface area contributed by atoms with Crippen molar-refractivity contribution in [3.05, 3.63) is 91.0 Å². The van der Waals surface area contributed by atoms with E-state index in [1.165, 1.54) is 5.56 Å². The summed E-state index contributed by atoms with van der Waals surface area (Å²) in [5, 5.41) is 11.1. The zero-order valence-electron chi connectivity index (χ0n) is 16.3. The van der Waals surface area contributed by atoms with Gasteiger partial charge in [0.05, 0.1) is 0 Å². The highest BCUT2D eigenvalue weighted by atomic mass is 16.5. The van der Waals surface area contributed by atoms with Crippen LogP contribution in [0.25, 0.3) is 5.82 Å². The van der Waals surface area contributed by atoms with E-state index < -0.39 is 0 Å². The van der Waals surface area contributed by atoms with Crippen LogP contribution >= 0.6 is 0 Å². The van der Waals surface area contributed by atoms with Crippen molar-refractivity contribution in [3.8, 4) is 17.4 Å². The number of aromatic nitrogens is 4. The van der Waals surface area contributed by atoms with Gasteiger partial charge in [0, 0.05) is 30.6 Å². The second-order valence-electron chi connectivity index (χ2n) is 6.71. The maximum absolute atomic E-state index is 12.1. The number of carbonyl (C=O) groups is 1. The standard InChI is InChI=1S/C23H21N5O2/c29-22(8-4-7-18-5-2-1-3-6-18)25-19-9-11-20(12-10-19)30-23-14-13-21(26-27-23)28-16-15-24-17-28/h1-3,5-6,9-17H,4,7-8H2,(H,25,29). The zero-order valence-corrected chi connectivity index (χ0v) is 16.3. The molecule has 0 aliphatic carbocycles. The van der Waals surface area contributed by atoms with Crippen molar-refractivity contribution in [1.82, 2.24) is 19.7 Å². The van der Waals surface area contributed by atoms with Crippen LogP contribution in [-0.2, 0) is 11.2 Å². The quantitative estimate of drug-likeness (QED) is 0.474. The summed E-state index contributed by atoms with van der Waals surface area (Å²) in [6, 6.07) is 20.9. The van der Waals surface area contributed by atoms with Gasteiger partial charge in [0.1, 0.15) is 12.1 Å². The monoisotopic (exact) mass is 399 g/mol. The van der Waals surface area contributed by atoms with Crippen LogP contribution in [-0.4, -0.2) is 25.7 Å². The number of hydrogen-bond donors (Lipinski definition) is 1. The minimum absolute atomic E-state index is 0.000515. The number of ether oxygens (including phenoxy) is 1. The van der Waals surface area contributed by atoms with E-state index in [0.717, 1.165) is 18.5 Å². The Labute approximate surface area is 174 Å². The molecule has 30 heavy (non-hydrogen) atoms. The number of amides is 1. The maximum Gasteiger partial charge on any atom is 0.238 e. The highest BCUT2D eigenvalue weighted by Crippen LogP contribution is 2.21. The third kappa shape index (κ3) is 5.29. The highest BCUT2D eigenvalue weighted by molar-refractivity contribution is 5.90. The van der Waals surface area contributed by atoms with Crippen LogP contribution in [0.15, 0.2) is 85.5 Å². The van der Waals surface area contributed by atoms with Gasteiger partial charge >= 0.3 is 0 Å². The number of anilines is 1. The molecule has 2 aromatic carbocycles. The summed E-state index contributed by atoms with van der Waals surface area (Å²) in [6.45, 7) is 0. The number of benzene rings is 2. The Morgan fingerprint density at radius 2 is 1.80 bits per heavy atom. The summed E-state index contributed by atoms with van der Waals surface area (Å²) in [4.78, 5) is 16.1.